The molecule has 2 rings (SSSR count). The van der Waals surface area contributed by atoms with E-state index in [2.05, 4.69) is 30.4 Å². The summed E-state index contributed by atoms with van der Waals surface area (Å²) >= 11 is 0. The summed E-state index contributed by atoms with van der Waals surface area (Å²) in [6.45, 7) is 6.30. The summed E-state index contributed by atoms with van der Waals surface area (Å²) < 4.78 is 11.0. The third-order valence-electron chi connectivity index (χ3n) is 3.64. The van der Waals surface area contributed by atoms with Crippen LogP contribution in [0.15, 0.2) is 24.3 Å². The molecule has 0 spiro atoms. The SMILES string of the molecule is COC1CC(NC(C)c2cccc(OC(C)C)c2)C1. The van der Waals surface area contributed by atoms with Crippen molar-refractivity contribution in [1.29, 1.82) is 0 Å². The van der Waals surface area contributed by atoms with Crippen LogP contribution in [0, 0.1) is 0 Å². The Hall–Kier alpha value is -1.06. The van der Waals surface area contributed by atoms with Gasteiger partial charge in [0.25, 0.3) is 0 Å². The van der Waals surface area contributed by atoms with E-state index in [0.29, 0.717) is 18.2 Å². The van der Waals surface area contributed by atoms with Gasteiger partial charge in [-0.25, -0.2) is 0 Å². The molecule has 1 unspecified atom stereocenters. The quantitative estimate of drug-likeness (QED) is 0.854. The zero-order valence-corrected chi connectivity index (χ0v) is 12.3. The number of nitrogens with one attached hydrogen (secondary N) is 1. The Bertz CT molecular complexity index is 399. The van der Waals surface area contributed by atoms with Crippen molar-refractivity contribution < 1.29 is 9.47 Å². The lowest BCUT2D eigenvalue weighted by Crippen LogP contribution is -2.45. The van der Waals surface area contributed by atoms with Gasteiger partial charge in [-0.15, -0.1) is 0 Å². The molecule has 3 nitrogen and oxygen atoms in total. The van der Waals surface area contributed by atoms with Gasteiger partial charge in [-0.2, -0.15) is 0 Å². The molecule has 0 aromatic heterocycles. The van der Waals surface area contributed by atoms with Crippen LogP contribution in [0.25, 0.3) is 0 Å². The lowest BCUT2D eigenvalue weighted by Gasteiger charge is -2.36. The van der Waals surface area contributed by atoms with Gasteiger partial charge < -0.3 is 14.8 Å². The summed E-state index contributed by atoms with van der Waals surface area (Å²) in [5, 5.41) is 3.64. The van der Waals surface area contributed by atoms with Crippen molar-refractivity contribution in [3.05, 3.63) is 29.8 Å². The largest absolute Gasteiger partial charge is 0.491 e. The van der Waals surface area contributed by atoms with Crippen LogP contribution in [-0.4, -0.2) is 25.4 Å². The highest BCUT2D eigenvalue weighted by Gasteiger charge is 2.29. The van der Waals surface area contributed by atoms with E-state index < -0.39 is 0 Å². The third kappa shape index (κ3) is 3.95. The first-order valence-electron chi connectivity index (χ1n) is 7.14. The van der Waals surface area contributed by atoms with E-state index in [4.69, 9.17) is 9.47 Å². The number of rotatable bonds is 6. The van der Waals surface area contributed by atoms with Crippen LogP contribution in [0.4, 0.5) is 0 Å². The normalized spacial score (nSPS) is 24.1. The summed E-state index contributed by atoms with van der Waals surface area (Å²) in [5.74, 6) is 0.949. The van der Waals surface area contributed by atoms with Crippen molar-refractivity contribution >= 4 is 0 Å². The van der Waals surface area contributed by atoms with Crippen LogP contribution < -0.4 is 10.1 Å². The lowest BCUT2D eigenvalue weighted by atomic mass is 9.88. The first-order valence-corrected chi connectivity index (χ1v) is 7.14. The van der Waals surface area contributed by atoms with Gasteiger partial charge in [-0.1, -0.05) is 12.1 Å². The van der Waals surface area contributed by atoms with Gasteiger partial charge in [-0.05, 0) is 51.3 Å². The molecule has 19 heavy (non-hydrogen) atoms. The van der Waals surface area contributed by atoms with E-state index in [0.717, 1.165) is 18.6 Å². The zero-order chi connectivity index (χ0) is 13.8. The molecule has 1 aliphatic carbocycles. The van der Waals surface area contributed by atoms with Crippen LogP contribution in [0.2, 0.25) is 0 Å². The molecular weight excluding hydrogens is 238 g/mol. The fourth-order valence-corrected chi connectivity index (χ4v) is 2.47. The van der Waals surface area contributed by atoms with Crippen LogP contribution >= 0.6 is 0 Å². The lowest BCUT2D eigenvalue weighted by molar-refractivity contribution is 0.0147. The monoisotopic (exact) mass is 263 g/mol. The van der Waals surface area contributed by atoms with Crippen LogP contribution in [0.1, 0.15) is 45.2 Å². The Morgan fingerprint density at radius 3 is 2.58 bits per heavy atom. The van der Waals surface area contributed by atoms with Crippen LogP contribution in [-0.2, 0) is 4.74 Å². The van der Waals surface area contributed by atoms with Gasteiger partial charge in [0.15, 0.2) is 0 Å². The van der Waals surface area contributed by atoms with E-state index in [-0.39, 0.29) is 6.10 Å². The fourth-order valence-electron chi connectivity index (χ4n) is 2.47. The van der Waals surface area contributed by atoms with E-state index in [1.54, 1.807) is 7.11 Å². The predicted octanol–water partition coefficient (Wildman–Crippen LogP) is 3.30. The second-order valence-electron chi connectivity index (χ2n) is 5.65. The molecule has 1 aliphatic rings. The van der Waals surface area contributed by atoms with Crippen LogP contribution in [0.3, 0.4) is 0 Å². The van der Waals surface area contributed by atoms with Crippen molar-refractivity contribution in [2.75, 3.05) is 7.11 Å². The molecule has 0 heterocycles. The molecular formula is C16H25NO2. The molecule has 1 fully saturated rings. The fraction of sp³-hybridized carbons (Fsp3) is 0.625. The number of benzene rings is 1. The molecule has 1 aromatic rings. The molecule has 0 amide bonds. The summed E-state index contributed by atoms with van der Waals surface area (Å²) in [4.78, 5) is 0. The van der Waals surface area contributed by atoms with E-state index >= 15 is 0 Å². The molecule has 3 heteroatoms. The Morgan fingerprint density at radius 2 is 1.95 bits per heavy atom. The number of hydrogen-bond acceptors (Lipinski definition) is 3. The molecule has 1 N–H and O–H groups in total. The van der Waals surface area contributed by atoms with Gasteiger partial charge in [0.1, 0.15) is 5.75 Å². The molecule has 0 bridgehead atoms. The standard InChI is InChI=1S/C16H25NO2/c1-11(2)19-15-7-5-6-13(8-15)12(3)17-14-9-16(10-14)18-4/h5-8,11-12,14,16-17H,9-10H2,1-4H3. The van der Waals surface area contributed by atoms with E-state index in [9.17, 15) is 0 Å². The number of ether oxygens (including phenoxy) is 2. The maximum Gasteiger partial charge on any atom is 0.120 e. The topological polar surface area (TPSA) is 30.5 Å². The second-order valence-corrected chi connectivity index (χ2v) is 5.65. The minimum absolute atomic E-state index is 0.215. The summed E-state index contributed by atoms with van der Waals surface area (Å²) in [6.07, 6.45) is 2.89. The molecule has 0 radical (unpaired) electrons. The van der Waals surface area contributed by atoms with Crippen molar-refractivity contribution in [3.8, 4) is 5.75 Å². The highest BCUT2D eigenvalue weighted by atomic mass is 16.5. The first-order chi connectivity index (χ1) is 9.08. The summed E-state index contributed by atoms with van der Waals surface area (Å²) in [6, 6.07) is 9.28. The van der Waals surface area contributed by atoms with Crippen LogP contribution in [0.5, 0.6) is 5.75 Å². The average Bonchev–Trinajstić information content (AvgIpc) is 2.32. The smallest absolute Gasteiger partial charge is 0.120 e. The number of hydrogen-bond donors (Lipinski definition) is 1. The van der Waals surface area contributed by atoms with Gasteiger partial charge in [0, 0.05) is 19.2 Å². The predicted molar refractivity (Wildman–Crippen MR) is 77.6 cm³/mol. The Labute approximate surface area is 116 Å². The highest BCUT2D eigenvalue weighted by molar-refractivity contribution is 5.30. The molecule has 0 saturated heterocycles. The van der Waals surface area contributed by atoms with Crippen molar-refractivity contribution in [3.63, 3.8) is 0 Å². The van der Waals surface area contributed by atoms with Gasteiger partial charge in [-0.3, -0.25) is 0 Å². The molecule has 1 atom stereocenters. The maximum atomic E-state index is 5.74. The minimum Gasteiger partial charge on any atom is -0.491 e. The Balaban J connectivity index is 1.90. The minimum atomic E-state index is 0.215. The van der Waals surface area contributed by atoms with Gasteiger partial charge in [0.05, 0.1) is 12.2 Å². The van der Waals surface area contributed by atoms with E-state index in [1.165, 1.54) is 5.56 Å². The highest BCUT2D eigenvalue weighted by Crippen LogP contribution is 2.27. The summed E-state index contributed by atoms with van der Waals surface area (Å²) in [7, 11) is 1.79. The maximum absolute atomic E-state index is 5.74. The Morgan fingerprint density at radius 1 is 1.21 bits per heavy atom. The zero-order valence-electron chi connectivity index (χ0n) is 12.3. The van der Waals surface area contributed by atoms with Gasteiger partial charge >= 0.3 is 0 Å². The molecule has 0 aliphatic heterocycles. The molecule has 1 saturated carbocycles. The molecule has 106 valence electrons. The third-order valence-corrected chi connectivity index (χ3v) is 3.64. The first kappa shape index (κ1) is 14.4. The van der Waals surface area contributed by atoms with E-state index in [1.807, 2.05) is 19.9 Å². The average molecular weight is 263 g/mol. The van der Waals surface area contributed by atoms with Gasteiger partial charge in [0.2, 0.25) is 0 Å². The number of methoxy groups -OCH3 is 1. The summed E-state index contributed by atoms with van der Waals surface area (Å²) in [5.41, 5.74) is 1.28. The van der Waals surface area contributed by atoms with Crippen molar-refractivity contribution in [2.24, 2.45) is 0 Å². The Kier molecular flexibility index (Phi) is 4.83. The van der Waals surface area contributed by atoms with Crippen molar-refractivity contribution in [2.45, 2.75) is 57.9 Å². The molecule has 1 aromatic carbocycles. The van der Waals surface area contributed by atoms with Crippen molar-refractivity contribution in [1.82, 2.24) is 5.32 Å². The second kappa shape index (κ2) is 6.40.